The van der Waals surface area contributed by atoms with Crippen LogP contribution < -0.4 is 16.0 Å². The molecular weight excluding hydrogens is 377 g/mol. The highest BCUT2D eigenvalue weighted by Gasteiger charge is 2.19. The van der Waals surface area contributed by atoms with Crippen LogP contribution >= 0.6 is 23.2 Å². The summed E-state index contributed by atoms with van der Waals surface area (Å²) in [4.78, 5) is 30.7. The number of anilines is 2. The first-order valence-corrected chi connectivity index (χ1v) is 8.77. The number of amides is 3. The summed E-state index contributed by atoms with van der Waals surface area (Å²) >= 11 is 11.8. The van der Waals surface area contributed by atoms with Crippen LogP contribution in [0, 0.1) is 0 Å². The van der Waals surface area contributed by atoms with E-state index < -0.39 is 5.91 Å². The van der Waals surface area contributed by atoms with E-state index >= 15 is 0 Å². The van der Waals surface area contributed by atoms with Crippen LogP contribution in [0.5, 0.6) is 0 Å². The van der Waals surface area contributed by atoms with Crippen LogP contribution in [0.25, 0.3) is 0 Å². The third-order valence-corrected chi connectivity index (χ3v) is 4.30. The number of nitrogens with one attached hydrogen (secondary N) is 3. The molecule has 2 aromatic rings. The Morgan fingerprint density at radius 1 is 1.04 bits per heavy atom. The van der Waals surface area contributed by atoms with Gasteiger partial charge in [0.2, 0.25) is 0 Å². The number of piperazine rings is 1. The topological polar surface area (TPSA) is 86.4 Å². The van der Waals surface area contributed by atoms with E-state index in [0.29, 0.717) is 34.6 Å². The summed E-state index contributed by atoms with van der Waals surface area (Å²) in [5, 5.41) is 9.48. The molecule has 0 bridgehead atoms. The molecule has 2 heterocycles. The van der Waals surface area contributed by atoms with E-state index in [1.54, 1.807) is 29.2 Å². The molecule has 1 aromatic carbocycles. The van der Waals surface area contributed by atoms with Gasteiger partial charge in [-0.05, 0) is 30.3 Å². The van der Waals surface area contributed by atoms with Gasteiger partial charge in [0, 0.05) is 37.4 Å². The number of halogens is 2. The summed E-state index contributed by atoms with van der Waals surface area (Å²) in [6.45, 7) is 2.69. The standard InChI is InChI=1S/C17H17Cl2N5O2/c18-11-1-3-14(22-17(26)24-7-5-20-6-8-24)13(9-11)16(25)23-15-4-2-12(19)10-21-15/h1-4,9-10,20H,5-8H2,(H,22,26)(H,21,23,25). The Labute approximate surface area is 160 Å². The summed E-state index contributed by atoms with van der Waals surface area (Å²) in [6.07, 6.45) is 1.43. The summed E-state index contributed by atoms with van der Waals surface area (Å²) in [5.41, 5.74) is 0.627. The number of carbonyl (C=O) groups excluding carboxylic acids is 2. The highest BCUT2D eigenvalue weighted by Crippen LogP contribution is 2.22. The maximum absolute atomic E-state index is 12.6. The molecule has 136 valence electrons. The molecule has 1 aliphatic heterocycles. The van der Waals surface area contributed by atoms with E-state index in [2.05, 4.69) is 20.9 Å². The Morgan fingerprint density at radius 3 is 2.46 bits per heavy atom. The molecular formula is C17H17Cl2N5O2. The molecule has 1 saturated heterocycles. The van der Waals surface area contributed by atoms with Gasteiger partial charge < -0.3 is 20.9 Å². The molecule has 0 atom stereocenters. The number of aromatic nitrogens is 1. The zero-order valence-corrected chi connectivity index (χ0v) is 15.3. The van der Waals surface area contributed by atoms with Gasteiger partial charge in [-0.1, -0.05) is 23.2 Å². The highest BCUT2D eigenvalue weighted by molar-refractivity contribution is 6.31. The van der Waals surface area contributed by atoms with Gasteiger partial charge in [0.1, 0.15) is 5.82 Å². The second kappa shape index (κ2) is 8.35. The van der Waals surface area contributed by atoms with Gasteiger partial charge >= 0.3 is 6.03 Å². The van der Waals surface area contributed by atoms with Crippen LogP contribution in [0.4, 0.5) is 16.3 Å². The van der Waals surface area contributed by atoms with E-state index in [1.807, 2.05) is 0 Å². The molecule has 1 aliphatic rings. The molecule has 3 rings (SSSR count). The second-order valence-electron chi connectivity index (χ2n) is 5.67. The fraction of sp³-hybridized carbons (Fsp3) is 0.235. The number of rotatable bonds is 3. The smallest absolute Gasteiger partial charge is 0.321 e. The Hall–Kier alpha value is -2.35. The fourth-order valence-corrected chi connectivity index (χ4v) is 2.79. The molecule has 1 fully saturated rings. The van der Waals surface area contributed by atoms with Crippen molar-refractivity contribution in [3.05, 3.63) is 52.1 Å². The third kappa shape index (κ3) is 4.63. The van der Waals surface area contributed by atoms with Gasteiger partial charge in [-0.2, -0.15) is 0 Å². The zero-order chi connectivity index (χ0) is 18.5. The maximum atomic E-state index is 12.6. The molecule has 0 unspecified atom stereocenters. The van der Waals surface area contributed by atoms with E-state index in [-0.39, 0.29) is 11.6 Å². The summed E-state index contributed by atoms with van der Waals surface area (Å²) in [7, 11) is 0. The molecule has 9 heteroatoms. The van der Waals surface area contributed by atoms with Crippen molar-refractivity contribution in [3.8, 4) is 0 Å². The van der Waals surface area contributed by atoms with Crippen molar-refractivity contribution in [1.29, 1.82) is 0 Å². The van der Waals surface area contributed by atoms with Crippen LogP contribution in [0.3, 0.4) is 0 Å². The Kier molecular flexibility index (Phi) is 5.92. The van der Waals surface area contributed by atoms with Gasteiger partial charge in [0.25, 0.3) is 5.91 Å². The van der Waals surface area contributed by atoms with Crippen molar-refractivity contribution in [2.45, 2.75) is 0 Å². The van der Waals surface area contributed by atoms with Gasteiger partial charge in [-0.15, -0.1) is 0 Å². The van der Waals surface area contributed by atoms with E-state index in [0.717, 1.165) is 13.1 Å². The average Bonchev–Trinajstić information content (AvgIpc) is 2.65. The van der Waals surface area contributed by atoms with Crippen molar-refractivity contribution in [3.63, 3.8) is 0 Å². The lowest BCUT2D eigenvalue weighted by atomic mass is 10.1. The minimum Gasteiger partial charge on any atom is -0.322 e. The second-order valence-corrected chi connectivity index (χ2v) is 6.55. The molecule has 0 saturated carbocycles. The van der Waals surface area contributed by atoms with E-state index in [1.165, 1.54) is 12.3 Å². The Bertz CT molecular complexity index is 807. The summed E-state index contributed by atoms with van der Waals surface area (Å²) in [6, 6.07) is 7.67. The van der Waals surface area contributed by atoms with E-state index in [4.69, 9.17) is 23.2 Å². The number of nitrogens with zero attached hydrogens (tertiary/aromatic N) is 2. The molecule has 26 heavy (non-hydrogen) atoms. The maximum Gasteiger partial charge on any atom is 0.321 e. The summed E-state index contributed by atoms with van der Waals surface area (Å²) in [5.74, 6) is -0.0864. The average molecular weight is 394 g/mol. The molecule has 0 spiro atoms. The number of pyridine rings is 1. The van der Waals surface area contributed by atoms with Crippen LogP contribution in [0.1, 0.15) is 10.4 Å². The number of urea groups is 1. The lowest BCUT2D eigenvalue weighted by molar-refractivity contribution is 0.102. The van der Waals surface area contributed by atoms with Crippen molar-refractivity contribution in [2.24, 2.45) is 0 Å². The van der Waals surface area contributed by atoms with Gasteiger partial charge in [-0.25, -0.2) is 9.78 Å². The number of carbonyl (C=O) groups is 2. The molecule has 0 aliphatic carbocycles. The molecule has 1 aromatic heterocycles. The molecule has 0 radical (unpaired) electrons. The van der Waals surface area contributed by atoms with Gasteiger partial charge in [0.05, 0.1) is 16.3 Å². The SMILES string of the molecule is O=C(Nc1ccc(Cl)cn1)c1cc(Cl)ccc1NC(=O)N1CCNCC1. The Morgan fingerprint density at radius 2 is 1.77 bits per heavy atom. The third-order valence-electron chi connectivity index (χ3n) is 3.84. The summed E-state index contributed by atoms with van der Waals surface area (Å²) < 4.78 is 0. The normalized spacial score (nSPS) is 14.0. The Balaban J connectivity index is 1.77. The predicted octanol–water partition coefficient (Wildman–Crippen LogP) is 3.08. The lowest BCUT2D eigenvalue weighted by Crippen LogP contribution is -2.48. The molecule has 3 N–H and O–H groups in total. The monoisotopic (exact) mass is 393 g/mol. The van der Waals surface area contributed by atoms with Crippen molar-refractivity contribution in [2.75, 3.05) is 36.8 Å². The van der Waals surface area contributed by atoms with Crippen molar-refractivity contribution < 1.29 is 9.59 Å². The van der Waals surface area contributed by atoms with Gasteiger partial charge in [-0.3, -0.25) is 4.79 Å². The minimum atomic E-state index is -0.432. The van der Waals surface area contributed by atoms with Crippen LogP contribution in [0.15, 0.2) is 36.5 Å². The van der Waals surface area contributed by atoms with Crippen LogP contribution in [-0.4, -0.2) is 48.0 Å². The van der Waals surface area contributed by atoms with Crippen LogP contribution in [-0.2, 0) is 0 Å². The van der Waals surface area contributed by atoms with Crippen LogP contribution in [0.2, 0.25) is 10.0 Å². The van der Waals surface area contributed by atoms with Crippen molar-refractivity contribution in [1.82, 2.24) is 15.2 Å². The lowest BCUT2D eigenvalue weighted by Gasteiger charge is -2.27. The van der Waals surface area contributed by atoms with Gasteiger partial charge in [0.15, 0.2) is 0 Å². The first kappa shape index (κ1) is 18.4. The quantitative estimate of drug-likeness (QED) is 0.747. The first-order valence-electron chi connectivity index (χ1n) is 8.02. The predicted molar refractivity (Wildman–Crippen MR) is 102 cm³/mol. The van der Waals surface area contributed by atoms with Crippen molar-refractivity contribution >= 4 is 46.6 Å². The number of hydrogen-bond donors (Lipinski definition) is 3. The highest BCUT2D eigenvalue weighted by atomic mass is 35.5. The molecule has 7 nitrogen and oxygen atoms in total. The number of benzene rings is 1. The first-order chi connectivity index (χ1) is 12.5. The molecule has 3 amide bonds. The fourth-order valence-electron chi connectivity index (χ4n) is 2.51. The minimum absolute atomic E-state index is 0.248. The zero-order valence-electron chi connectivity index (χ0n) is 13.8. The largest absolute Gasteiger partial charge is 0.322 e. The number of hydrogen-bond acceptors (Lipinski definition) is 4. The van der Waals surface area contributed by atoms with E-state index in [9.17, 15) is 9.59 Å².